The van der Waals surface area contributed by atoms with Gasteiger partial charge in [-0.25, -0.2) is 9.13 Å². The van der Waals surface area contributed by atoms with Gasteiger partial charge in [0.15, 0.2) is 12.2 Å². The van der Waals surface area contributed by atoms with Crippen LogP contribution in [0.15, 0.2) is 0 Å². The van der Waals surface area contributed by atoms with Gasteiger partial charge < -0.3 is 33.8 Å². The average Bonchev–Trinajstić information content (AvgIpc) is 3.52. The molecule has 19 heteroatoms. The summed E-state index contributed by atoms with van der Waals surface area (Å²) >= 11 is 0. The maximum atomic E-state index is 13.0. The molecule has 0 amide bonds. The molecular formula is C68H132O17P2. The van der Waals surface area contributed by atoms with Gasteiger partial charge >= 0.3 is 39.5 Å². The summed E-state index contributed by atoms with van der Waals surface area (Å²) in [5, 5.41) is 10.5. The van der Waals surface area contributed by atoms with Gasteiger partial charge in [-0.1, -0.05) is 286 Å². The first-order valence-electron chi connectivity index (χ1n) is 35.3. The predicted octanol–water partition coefficient (Wildman–Crippen LogP) is 19.1. The SMILES string of the molecule is CCCCCCCC(=O)OC[C@H](COP(=O)(O)OC[C@H](O)COP(=O)(O)OC[C@@H](COC(=O)CCCCCCCCCCCC(C)C)OC(=O)CCCCCCCCCCCCCCCCCCC(C)C)OC(=O)CCCCCCCCCCC(C)C. The minimum atomic E-state index is -4.95. The highest BCUT2D eigenvalue weighted by molar-refractivity contribution is 7.47. The molecule has 0 aliphatic rings. The van der Waals surface area contributed by atoms with Crippen molar-refractivity contribution in [2.45, 2.75) is 356 Å². The van der Waals surface area contributed by atoms with E-state index < -0.39 is 97.5 Å². The lowest BCUT2D eigenvalue weighted by molar-refractivity contribution is -0.161. The lowest BCUT2D eigenvalue weighted by Gasteiger charge is -2.21. The van der Waals surface area contributed by atoms with Crippen LogP contribution in [0.4, 0.5) is 0 Å². The molecule has 0 spiro atoms. The van der Waals surface area contributed by atoms with Crippen LogP contribution >= 0.6 is 15.6 Å². The molecule has 0 aromatic carbocycles. The molecule has 17 nitrogen and oxygen atoms in total. The third kappa shape index (κ3) is 62.6. The molecule has 0 saturated heterocycles. The van der Waals surface area contributed by atoms with Crippen molar-refractivity contribution < 1.29 is 80.2 Å². The quantitative estimate of drug-likeness (QED) is 0.0222. The van der Waals surface area contributed by atoms with Gasteiger partial charge in [0.05, 0.1) is 26.4 Å². The molecule has 3 N–H and O–H groups in total. The van der Waals surface area contributed by atoms with E-state index in [0.717, 1.165) is 114 Å². The zero-order valence-corrected chi connectivity index (χ0v) is 58.3. The molecule has 0 aliphatic carbocycles. The van der Waals surface area contributed by atoms with Gasteiger partial charge in [-0.2, -0.15) is 0 Å². The van der Waals surface area contributed by atoms with Gasteiger partial charge in [0, 0.05) is 25.7 Å². The van der Waals surface area contributed by atoms with Crippen molar-refractivity contribution in [1.29, 1.82) is 0 Å². The van der Waals surface area contributed by atoms with Crippen molar-refractivity contribution in [3.63, 3.8) is 0 Å². The van der Waals surface area contributed by atoms with Crippen LogP contribution in [0.2, 0.25) is 0 Å². The Bertz CT molecular complexity index is 1720. The van der Waals surface area contributed by atoms with Gasteiger partial charge in [-0.3, -0.25) is 37.3 Å². The highest BCUT2D eigenvalue weighted by Crippen LogP contribution is 2.45. The molecule has 0 saturated carbocycles. The minimum Gasteiger partial charge on any atom is -0.462 e. The predicted molar refractivity (Wildman–Crippen MR) is 349 cm³/mol. The van der Waals surface area contributed by atoms with Crippen molar-refractivity contribution >= 4 is 39.5 Å². The Kier molecular flexibility index (Phi) is 57.8. The maximum Gasteiger partial charge on any atom is 0.472 e. The van der Waals surface area contributed by atoms with Crippen LogP contribution in [0.1, 0.15) is 337 Å². The van der Waals surface area contributed by atoms with Crippen LogP contribution in [0.25, 0.3) is 0 Å². The summed E-state index contributed by atoms with van der Waals surface area (Å²) in [7, 11) is -9.89. The second-order valence-electron chi connectivity index (χ2n) is 26.0. The third-order valence-corrected chi connectivity index (χ3v) is 17.5. The number of carbonyl (C=O) groups is 4. The molecule has 0 aromatic heterocycles. The Hall–Kier alpha value is -1.94. The molecule has 0 bridgehead atoms. The summed E-state index contributed by atoms with van der Waals surface area (Å²) < 4.78 is 68.0. The number of phosphoric acid groups is 2. The van der Waals surface area contributed by atoms with Crippen molar-refractivity contribution in [1.82, 2.24) is 0 Å². The van der Waals surface area contributed by atoms with E-state index in [2.05, 4.69) is 48.5 Å². The maximum absolute atomic E-state index is 13.0. The molecule has 0 aliphatic heterocycles. The van der Waals surface area contributed by atoms with E-state index in [9.17, 15) is 43.2 Å². The lowest BCUT2D eigenvalue weighted by atomic mass is 10.0. The number of ether oxygens (including phenoxy) is 4. The van der Waals surface area contributed by atoms with E-state index in [-0.39, 0.29) is 25.7 Å². The lowest BCUT2D eigenvalue weighted by Crippen LogP contribution is -2.30. The van der Waals surface area contributed by atoms with Crippen molar-refractivity contribution in [2.24, 2.45) is 17.8 Å². The molecule has 0 aromatic rings. The Morgan fingerprint density at radius 2 is 0.529 bits per heavy atom. The molecule has 0 heterocycles. The second-order valence-corrected chi connectivity index (χ2v) is 28.9. The molecule has 0 radical (unpaired) electrons. The highest BCUT2D eigenvalue weighted by Gasteiger charge is 2.30. The number of aliphatic hydroxyl groups is 1. The van der Waals surface area contributed by atoms with E-state index in [1.54, 1.807) is 0 Å². The summed E-state index contributed by atoms with van der Waals surface area (Å²) in [5.74, 6) is 0.130. The second kappa shape index (κ2) is 59.1. The minimum absolute atomic E-state index is 0.103. The smallest absolute Gasteiger partial charge is 0.462 e. The number of hydrogen-bond acceptors (Lipinski definition) is 15. The number of hydrogen-bond donors (Lipinski definition) is 3. The number of unbranched alkanes of at least 4 members (excludes halogenated alkanes) is 34. The number of aliphatic hydroxyl groups excluding tert-OH is 1. The first kappa shape index (κ1) is 85.1. The Morgan fingerprint density at radius 3 is 0.782 bits per heavy atom. The molecule has 0 rings (SSSR count). The van der Waals surface area contributed by atoms with E-state index in [1.807, 2.05) is 0 Å². The van der Waals surface area contributed by atoms with Gasteiger partial charge in [-0.15, -0.1) is 0 Å². The topological polar surface area (TPSA) is 237 Å². The first-order chi connectivity index (χ1) is 41.7. The zero-order valence-electron chi connectivity index (χ0n) is 56.5. The normalized spacial score (nSPS) is 14.3. The molecule has 5 atom stereocenters. The van der Waals surface area contributed by atoms with Crippen LogP contribution in [0, 0.1) is 17.8 Å². The number of esters is 4. The van der Waals surface area contributed by atoms with Gasteiger partial charge in [0.25, 0.3) is 0 Å². The van der Waals surface area contributed by atoms with Crippen LogP contribution in [-0.2, 0) is 65.4 Å². The third-order valence-electron chi connectivity index (χ3n) is 15.6. The highest BCUT2D eigenvalue weighted by atomic mass is 31.2. The van der Waals surface area contributed by atoms with Crippen LogP contribution in [-0.4, -0.2) is 96.7 Å². The standard InChI is InChI=1S/C68H132O17P2/c1-8-9-10-32-42-49-65(70)78-55-63(84-68(73)52-45-38-31-25-24-28-35-41-48-61(6)7)57-82-86(74,75)80-53-62(69)54-81-87(76,77)83-58-64(56-79-66(71)50-43-36-29-23-19-21-27-34-40-47-60(4)5)85-67(72)51-44-37-30-22-18-16-14-12-11-13-15-17-20-26-33-39-46-59(2)3/h59-64,69H,8-58H2,1-7H3,(H,74,75)(H,76,77)/t62-,63+,64+/m0/s1. The average molecular weight is 1280 g/mol. The fourth-order valence-corrected chi connectivity index (χ4v) is 11.8. The summed E-state index contributed by atoms with van der Waals surface area (Å²) in [5.41, 5.74) is 0. The Morgan fingerprint density at radius 1 is 0.310 bits per heavy atom. The van der Waals surface area contributed by atoms with Crippen LogP contribution in [0.5, 0.6) is 0 Å². The Labute approximate surface area is 530 Å². The number of phosphoric ester groups is 2. The summed E-state index contributed by atoms with van der Waals surface area (Å²) in [4.78, 5) is 72.1. The fraction of sp³-hybridized carbons (Fsp3) is 0.941. The largest absolute Gasteiger partial charge is 0.472 e. The van der Waals surface area contributed by atoms with Crippen molar-refractivity contribution in [3.05, 3.63) is 0 Å². The number of carbonyl (C=O) groups excluding carboxylic acids is 4. The number of rotatable bonds is 66. The molecule has 2 unspecified atom stereocenters. The fourth-order valence-electron chi connectivity index (χ4n) is 10.2. The Balaban J connectivity index is 5.14. The van der Waals surface area contributed by atoms with E-state index >= 15 is 0 Å². The van der Waals surface area contributed by atoms with Crippen LogP contribution in [0.3, 0.4) is 0 Å². The summed E-state index contributed by atoms with van der Waals surface area (Å²) in [6.07, 6.45) is 42.2. The summed E-state index contributed by atoms with van der Waals surface area (Å²) in [6, 6.07) is 0. The molecule has 0 fully saturated rings. The van der Waals surface area contributed by atoms with Crippen molar-refractivity contribution in [3.8, 4) is 0 Å². The van der Waals surface area contributed by atoms with Gasteiger partial charge in [0.2, 0.25) is 0 Å². The summed E-state index contributed by atoms with van der Waals surface area (Å²) in [6.45, 7) is 11.7. The monoisotopic (exact) mass is 1280 g/mol. The molecule has 87 heavy (non-hydrogen) atoms. The van der Waals surface area contributed by atoms with Crippen LogP contribution < -0.4 is 0 Å². The zero-order chi connectivity index (χ0) is 64.5. The molecule has 516 valence electrons. The first-order valence-corrected chi connectivity index (χ1v) is 38.3. The van der Waals surface area contributed by atoms with E-state index in [0.29, 0.717) is 25.7 Å². The molecular weight excluding hydrogens is 1150 g/mol. The van der Waals surface area contributed by atoms with E-state index in [4.69, 9.17) is 37.0 Å². The van der Waals surface area contributed by atoms with Crippen molar-refractivity contribution in [2.75, 3.05) is 39.6 Å². The van der Waals surface area contributed by atoms with Gasteiger partial charge in [0.1, 0.15) is 19.3 Å². The van der Waals surface area contributed by atoms with Gasteiger partial charge in [-0.05, 0) is 43.4 Å². The van der Waals surface area contributed by atoms with E-state index in [1.165, 1.54) is 141 Å².